The first-order chi connectivity index (χ1) is 10.0. The highest BCUT2D eigenvalue weighted by Crippen LogP contribution is 2.57. The van der Waals surface area contributed by atoms with Gasteiger partial charge in [0.2, 0.25) is 0 Å². The molecule has 0 amide bonds. The molecule has 1 N–H and O–H groups in total. The van der Waals surface area contributed by atoms with Crippen LogP contribution in [0.1, 0.15) is 36.8 Å². The lowest BCUT2D eigenvalue weighted by molar-refractivity contribution is -0.126. The molecule has 1 saturated heterocycles. The lowest BCUT2D eigenvalue weighted by Crippen LogP contribution is -2.61. The number of nitrogens with zero attached hydrogens (tertiary/aromatic N) is 1. The Hall–Kier alpha value is -0.870. The third-order valence-corrected chi connectivity index (χ3v) is 6.79. The van der Waals surface area contributed by atoms with Gasteiger partial charge in [0.05, 0.1) is 0 Å². The minimum Gasteiger partial charge on any atom is -0.508 e. The normalized spacial score (nSPS) is 35.2. The van der Waals surface area contributed by atoms with Gasteiger partial charge in [-0.25, -0.2) is 0 Å². The molecular weight excluding hydrogens is 330 g/mol. The SMILES string of the molecule is CN1CCC23CC(=O)CCC2C1Cc1c(Br)ccc(O)c13. The largest absolute Gasteiger partial charge is 0.508 e. The van der Waals surface area contributed by atoms with Crippen LogP contribution < -0.4 is 0 Å². The second kappa shape index (κ2) is 4.56. The zero-order chi connectivity index (χ0) is 14.8. The predicted molar refractivity (Wildman–Crippen MR) is 84.6 cm³/mol. The maximum absolute atomic E-state index is 12.2. The fraction of sp³-hybridized carbons (Fsp3) is 0.588. The average molecular weight is 350 g/mol. The minimum absolute atomic E-state index is 0.131. The maximum Gasteiger partial charge on any atom is 0.133 e. The second-order valence-corrected chi connectivity index (χ2v) is 7.79. The molecule has 2 fully saturated rings. The van der Waals surface area contributed by atoms with Crippen LogP contribution in [0.2, 0.25) is 0 Å². The molecule has 112 valence electrons. The molecule has 1 aromatic carbocycles. The van der Waals surface area contributed by atoms with Crippen molar-refractivity contribution in [1.82, 2.24) is 4.90 Å². The highest BCUT2D eigenvalue weighted by atomic mass is 79.9. The minimum atomic E-state index is -0.131. The number of aromatic hydroxyl groups is 1. The topological polar surface area (TPSA) is 40.5 Å². The summed E-state index contributed by atoms with van der Waals surface area (Å²) >= 11 is 3.66. The number of likely N-dealkylation sites (tertiary alicyclic amines) is 1. The molecule has 0 radical (unpaired) electrons. The lowest BCUT2D eigenvalue weighted by atomic mass is 9.52. The number of hydrogen-bond donors (Lipinski definition) is 1. The van der Waals surface area contributed by atoms with E-state index in [4.69, 9.17) is 0 Å². The molecule has 21 heavy (non-hydrogen) atoms. The van der Waals surface area contributed by atoms with Crippen LogP contribution in [0, 0.1) is 5.92 Å². The lowest BCUT2D eigenvalue weighted by Gasteiger charge is -2.58. The molecule has 1 saturated carbocycles. The zero-order valence-electron chi connectivity index (χ0n) is 12.2. The Morgan fingerprint density at radius 1 is 1.43 bits per heavy atom. The number of fused-ring (bicyclic) bond motifs is 1. The first kappa shape index (κ1) is 13.8. The summed E-state index contributed by atoms with van der Waals surface area (Å²) in [6.45, 7) is 1.01. The van der Waals surface area contributed by atoms with Gasteiger partial charge < -0.3 is 10.0 Å². The van der Waals surface area contributed by atoms with E-state index in [0.29, 0.717) is 36.3 Å². The number of carbonyl (C=O) groups excluding carboxylic acids is 1. The average Bonchev–Trinajstić information content (AvgIpc) is 2.46. The van der Waals surface area contributed by atoms with Gasteiger partial charge in [-0.3, -0.25) is 4.79 Å². The number of ketones is 1. The van der Waals surface area contributed by atoms with Gasteiger partial charge in [-0.15, -0.1) is 0 Å². The van der Waals surface area contributed by atoms with Crippen molar-refractivity contribution in [3.05, 3.63) is 27.7 Å². The van der Waals surface area contributed by atoms with Crippen molar-refractivity contribution in [2.45, 2.75) is 43.6 Å². The van der Waals surface area contributed by atoms with E-state index in [2.05, 4.69) is 27.9 Å². The molecule has 1 aliphatic heterocycles. The van der Waals surface area contributed by atoms with Crippen molar-refractivity contribution in [3.63, 3.8) is 0 Å². The maximum atomic E-state index is 12.2. The number of Topliss-reactive ketones (excluding diaryl/α,β-unsaturated/α-hetero) is 1. The monoisotopic (exact) mass is 349 g/mol. The number of carbonyl (C=O) groups is 1. The molecule has 4 heteroatoms. The van der Waals surface area contributed by atoms with Gasteiger partial charge in [0.25, 0.3) is 0 Å². The van der Waals surface area contributed by atoms with E-state index >= 15 is 0 Å². The van der Waals surface area contributed by atoms with E-state index in [0.717, 1.165) is 35.8 Å². The number of hydrogen-bond acceptors (Lipinski definition) is 3. The molecule has 0 aromatic heterocycles. The Labute approximate surface area is 133 Å². The third kappa shape index (κ3) is 1.78. The van der Waals surface area contributed by atoms with Crippen LogP contribution in [0.4, 0.5) is 0 Å². The Morgan fingerprint density at radius 2 is 2.24 bits per heavy atom. The molecule has 1 heterocycles. The van der Waals surface area contributed by atoms with E-state index in [9.17, 15) is 9.90 Å². The summed E-state index contributed by atoms with van der Waals surface area (Å²) in [7, 11) is 2.20. The van der Waals surface area contributed by atoms with E-state index < -0.39 is 0 Å². The van der Waals surface area contributed by atoms with E-state index in [-0.39, 0.29) is 5.41 Å². The van der Waals surface area contributed by atoms with E-state index in [1.807, 2.05) is 6.07 Å². The van der Waals surface area contributed by atoms with Crippen LogP contribution in [0.5, 0.6) is 5.75 Å². The molecule has 3 atom stereocenters. The number of benzene rings is 1. The Bertz CT molecular complexity index is 629. The fourth-order valence-electron chi connectivity index (χ4n) is 5.12. The van der Waals surface area contributed by atoms with E-state index in [1.54, 1.807) is 6.07 Å². The molecular formula is C17H20BrNO2. The van der Waals surface area contributed by atoms with Gasteiger partial charge in [-0.1, -0.05) is 15.9 Å². The van der Waals surface area contributed by atoms with Crippen LogP contribution in [0.15, 0.2) is 16.6 Å². The number of piperidine rings is 1. The number of likely N-dealkylation sites (N-methyl/N-ethyl adjacent to an activating group) is 1. The quantitative estimate of drug-likeness (QED) is 0.782. The van der Waals surface area contributed by atoms with Gasteiger partial charge in [0, 0.05) is 34.3 Å². The second-order valence-electron chi connectivity index (χ2n) is 6.94. The summed E-state index contributed by atoms with van der Waals surface area (Å²) in [6, 6.07) is 4.22. The fourth-order valence-corrected chi connectivity index (χ4v) is 5.61. The van der Waals surface area contributed by atoms with Crippen LogP contribution in [0.3, 0.4) is 0 Å². The molecule has 3 aliphatic rings. The van der Waals surface area contributed by atoms with Crippen LogP contribution >= 0.6 is 15.9 Å². The third-order valence-electron chi connectivity index (χ3n) is 6.04. The van der Waals surface area contributed by atoms with Crippen LogP contribution in [-0.4, -0.2) is 35.4 Å². The molecule has 0 spiro atoms. The molecule has 1 aromatic rings. The Balaban J connectivity index is 1.98. The van der Waals surface area contributed by atoms with Crippen molar-refractivity contribution in [2.75, 3.05) is 13.6 Å². The molecule has 2 bridgehead atoms. The van der Waals surface area contributed by atoms with Crippen molar-refractivity contribution in [3.8, 4) is 5.75 Å². The highest BCUT2D eigenvalue weighted by Gasteiger charge is 2.56. The summed E-state index contributed by atoms with van der Waals surface area (Å²) < 4.78 is 1.08. The number of phenolic OH excluding ortho intramolecular Hbond substituents is 1. The Kier molecular flexibility index (Phi) is 2.99. The van der Waals surface area contributed by atoms with Crippen molar-refractivity contribution in [1.29, 1.82) is 0 Å². The predicted octanol–water partition coefficient (Wildman–Crippen LogP) is 3.02. The standard InChI is InChI=1S/C17H20BrNO2/c1-19-7-6-17-9-10(20)2-3-12(17)14(19)8-11-13(18)4-5-15(21)16(11)17/h4-5,12,14,21H,2-3,6-9H2,1H3. The van der Waals surface area contributed by atoms with Crippen molar-refractivity contribution < 1.29 is 9.90 Å². The summed E-state index contributed by atoms with van der Waals surface area (Å²) in [5.74, 6) is 1.25. The van der Waals surface area contributed by atoms with E-state index in [1.165, 1.54) is 5.56 Å². The van der Waals surface area contributed by atoms with Crippen molar-refractivity contribution >= 4 is 21.7 Å². The summed E-state index contributed by atoms with van der Waals surface area (Å²) in [6.07, 6.45) is 4.24. The Morgan fingerprint density at radius 3 is 3.05 bits per heavy atom. The molecule has 4 rings (SSSR count). The molecule has 3 unspecified atom stereocenters. The summed E-state index contributed by atoms with van der Waals surface area (Å²) in [5.41, 5.74) is 2.16. The van der Waals surface area contributed by atoms with Gasteiger partial charge in [-0.05, 0) is 56.5 Å². The van der Waals surface area contributed by atoms with Gasteiger partial charge in [-0.2, -0.15) is 0 Å². The molecule has 2 aliphatic carbocycles. The zero-order valence-corrected chi connectivity index (χ0v) is 13.8. The van der Waals surface area contributed by atoms with Gasteiger partial charge >= 0.3 is 0 Å². The van der Waals surface area contributed by atoms with Crippen LogP contribution in [-0.2, 0) is 16.6 Å². The first-order valence-electron chi connectivity index (χ1n) is 7.76. The number of halogens is 1. The number of phenols is 1. The number of rotatable bonds is 0. The smallest absolute Gasteiger partial charge is 0.133 e. The highest BCUT2D eigenvalue weighted by molar-refractivity contribution is 9.10. The van der Waals surface area contributed by atoms with Gasteiger partial charge in [0.15, 0.2) is 0 Å². The first-order valence-corrected chi connectivity index (χ1v) is 8.55. The summed E-state index contributed by atoms with van der Waals surface area (Å²) in [5, 5.41) is 10.5. The van der Waals surface area contributed by atoms with Gasteiger partial charge in [0.1, 0.15) is 11.5 Å². The summed E-state index contributed by atoms with van der Waals surface area (Å²) in [4.78, 5) is 14.6. The molecule has 3 nitrogen and oxygen atoms in total. The van der Waals surface area contributed by atoms with Crippen LogP contribution in [0.25, 0.3) is 0 Å². The van der Waals surface area contributed by atoms with Crippen molar-refractivity contribution in [2.24, 2.45) is 5.92 Å².